The summed E-state index contributed by atoms with van der Waals surface area (Å²) < 4.78 is 16.0. The van der Waals surface area contributed by atoms with Crippen LogP contribution in [0.25, 0.3) is 0 Å². The van der Waals surface area contributed by atoms with Gasteiger partial charge in [-0.15, -0.1) is 0 Å². The van der Waals surface area contributed by atoms with Gasteiger partial charge in [0.2, 0.25) is 0 Å². The predicted octanol–water partition coefficient (Wildman–Crippen LogP) is 2.90. The van der Waals surface area contributed by atoms with Gasteiger partial charge in [-0.2, -0.15) is 0 Å². The minimum atomic E-state index is -0.631. The zero-order chi connectivity index (χ0) is 21.1. The Morgan fingerprint density at radius 1 is 1.21 bits per heavy atom. The number of hydrogen-bond donors (Lipinski definition) is 1. The molecular formula is C22H25NO6. The molecule has 1 N–H and O–H groups in total. The largest absolute Gasteiger partial charge is 0.491 e. The van der Waals surface area contributed by atoms with Crippen LogP contribution < -0.4 is 4.74 Å². The molecule has 7 nitrogen and oxygen atoms in total. The van der Waals surface area contributed by atoms with Gasteiger partial charge in [-0.25, -0.2) is 4.79 Å². The molecule has 0 bridgehead atoms. The van der Waals surface area contributed by atoms with Gasteiger partial charge < -0.3 is 19.3 Å². The fourth-order valence-electron chi connectivity index (χ4n) is 2.61. The number of nitrogens with zero attached hydrogens (tertiary/aromatic N) is 1. The maximum Gasteiger partial charge on any atom is 0.340 e. The number of aliphatic hydroxyl groups is 1. The van der Waals surface area contributed by atoms with Crippen molar-refractivity contribution in [3.05, 3.63) is 72.1 Å². The van der Waals surface area contributed by atoms with Crippen LogP contribution in [-0.4, -0.2) is 48.8 Å². The molecule has 2 aromatic rings. The summed E-state index contributed by atoms with van der Waals surface area (Å²) in [6.45, 7) is 3.99. The molecule has 0 aliphatic rings. The standard InChI is InChI=1S/C22H25NO6/c1-16(15-27-2)20(25)9-10-21(29-22(26)18-4-3-11-23-14-18)17-5-7-19(8-6-17)28-13-12-24/h3-8,11,14,21,24H,1,9-10,12-13,15H2,2H3/t21-/m0/s1. The van der Waals surface area contributed by atoms with E-state index in [1.807, 2.05) is 0 Å². The van der Waals surface area contributed by atoms with E-state index in [1.165, 1.54) is 13.3 Å². The van der Waals surface area contributed by atoms with Crippen LogP contribution in [0.1, 0.15) is 34.9 Å². The number of esters is 1. The number of benzene rings is 1. The molecule has 0 saturated heterocycles. The molecule has 154 valence electrons. The Kier molecular flexibility index (Phi) is 9.01. The van der Waals surface area contributed by atoms with Crippen LogP contribution in [0.5, 0.6) is 5.75 Å². The highest BCUT2D eigenvalue weighted by Crippen LogP contribution is 2.27. The van der Waals surface area contributed by atoms with Crippen LogP contribution in [0.4, 0.5) is 0 Å². The molecule has 0 spiro atoms. The SMILES string of the molecule is C=C(COC)C(=O)CC[C@H](OC(=O)c1cccnc1)c1ccc(OCCO)cc1. The van der Waals surface area contributed by atoms with Gasteiger partial charge in [0.15, 0.2) is 5.78 Å². The van der Waals surface area contributed by atoms with E-state index in [4.69, 9.17) is 19.3 Å². The van der Waals surface area contributed by atoms with E-state index in [1.54, 1.807) is 42.6 Å². The van der Waals surface area contributed by atoms with Crippen molar-refractivity contribution in [1.29, 1.82) is 0 Å². The first-order valence-corrected chi connectivity index (χ1v) is 9.19. The highest BCUT2D eigenvalue weighted by molar-refractivity contribution is 5.95. The summed E-state index contributed by atoms with van der Waals surface area (Å²) in [5, 5.41) is 8.85. The number of hydrogen-bond acceptors (Lipinski definition) is 7. The van der Waals surface area contributed by atoms with Gasteiger partial charge in [-0.1, -0.05) is 18.7 Å². The molecule has 1 atom stereocenters. The number of aromatic nitrogens is 1. The third-order valence-electron chi connectivity index (χ3n) is 4.10. The first kappa shape index (κ1) is 22.3. The fraction of sp³-hybridized carbons (Fsp3) is 0.318. The number of methoxy groups -OCH3 is 1. The summed E-state index contributed by atoms with van der Waals surface area (Å²) >= 11 is 0. The second kappa shape index (κ2) is 11.7. The van der Waals surface area contributed by atoms with Gasteiger partial charge in [-0.05, 0) is 36.2 Å². The minimum Gasteiger partial charge on any atom is -0.491 e. The number of Topliss-reactive ketones (excluding diaryl/α,β-unsaturated/α-hetero) is 1. The zero-order valence-corrected chi connectivity index (χ0v) is 16.4. The molecule has 0 radical (unpaired) electrons. The average molecular weight is 399 g/mol. The highest BCUT2D eigenvalue weighted by Gasteiger charge is 2.20. The highest BCUT2D eigenvalue weighted by atomic mass is 16.5. The molecule has 2 rings (SSSR count). The Morgan fingerprint density at radius 2 is 1.97 bits per heavy atom. The quantitative estimate of drug-likeness (QED) is 0.433. The van der Waals surface area contributed by atoms with E-state index in [0.717, 1.165) is 5.56 Å². The lowest BCUT2D eigenvalue weighted by Gasteiger charge is -2.19. The van der Waals surface area contributed by atoms with Gasteiger partial charge in [0, 0.05) is 31.5 Å². The van der Waals surface area contributed by atoms with E-state index in [-0.39, 0.29) is 32.0 Å². The summed E-state index contributed by atoms with van der Waals surface area (Å²) in [5.41, 5.74) is 1.43. The molecule has 0 aliphatic carbocycles. The molecule has 0 saturated carbocycles. The van der Waals surface area contributed by atoms with Crippen molar-refractivity contribution in [3.63, 3.8) is 0 Å². The molecule has 1 aromatic heterocycles. The Bertz CT molecular complexity index is 804. The van der Waals surface area contributed by atoms with Gasteiger partial charge in [0.05, 0.1) is 18.8 Å². The van der Waals surface area contributed by atoms with Crippen LogP contribution >= 0.6 is 0 Å². The average Bonchev–Trinajstić information content (AvgIpc) is 2.76. The first-order chi connectivity index (χ1) is 14.0. The van der Waals surface area contributed by atoms with E-state index >= 15 is 0 Å². The second-order valence-corrected chi connectivity index (χ2v) is 6.28. The summed E-state index contributed by atoms with van der Waals surface area (Å²) in [6, 6.07) is 10.2. The molecule has 0 fully saturated rings. The lowest BCUT2D eigenvalue weighted by molar-refractivity contribution is -0.116. The van der Waals surface area contributed by atoms with Crippen LogP contribution in [0, 0.1) is 0 Å². The summed E-state index contributed by atoms with van der Waals surface area (Å²) in [6.07, 6.45) is 2.82. The number of carbonyl (C=O) groups is 2. The van der Waals surface area contributed by atoms with Crippen molar-refractivity contribution >= 4 is 11.8 Å². The van der Waals surface area contributed by atoms with Crippen LogP contribution in [0.3, 0.4) is 0 Å². The van der Waals surface area contributed by atoms with Crippen molar-refractivity contribution in [1.82, 2.24) is 4.98 Å². The topological polar surface area (TPSA) is 95.0 Å². The van der Waals surface area contributed by atoms with Crippen molar-refractivity contribution in [2.45, 2.75) is 18.9 Å². The molecular weight excluding hydrogens is 374 g/mol. The number of carbonyl (C=O) groups excluding carboxylic acids is 2. The smallest absolute Gasteiger partial charge is 0.340 e. The van der Waals surface area contributed by atoms with E-state index < -0.39 is 12.1 Å². The summed E-state index contributed by atoms with van der Waals surface area (Å²) in [7, 11) is 1.50. The third kappa shape index (κ3) is 7.14. The molecule has 29 heavy (non-hydrogen) atoms. The Morgan fingerprint density at radius 3 is 2.59 bits per heavy atom. The van der Waals surface area contributed by atoms with E-state index in [9.17, 15) is 9.59 Å². The van der Waals surface area contributed by atoms with Crippen LogP contribution in [0.15, 0.2) is 60.9 Å². The lowest BCUT2D eigenvalue weighted by atomic mass is 10.0. The van der Waals surface area contributed by atoms with E-state index in [0.29, 0.717) is 23.3 Å². The fourth-order valence-corrected chi connectivity index (χ4v) is 2.61. The maximum atomic E-state index is 12.5. The molecule has 1 aromatic carbocycles. The van der Waals surface area contributed by atoms with Crippen LogP contribution in [0.2, 0.25) is 0 Å². The first-order valence-electron chi connectivity index (χ1n) is 9.19. The third-order valence-corrected chi connectivity index (χ3v) is 4.10. The van der Waals surface area contributed by atoms with E-state index in [2.05, 4.69) is 11.6 Å². The number of ketones is 1. The Hall–Kier alpha value is -3.03. The van der Waals surface area contributed by atoms with Gasteiger partial charge in [-0.3, -0.25) is 9.78 Å². The van der Waals surface area contributed by atoms with Gasteiger partial charge in [0.1, 0.15) is 18.5 Å². The maximum absolute atomic E-state index is 12.5. The lowest BCUT2D eigenvalue weighted by Crippen LogP contribution is -2.15. The molecule has 1 heterocycles. The number of aliphatic hydroxyl groups excluding tert-OH is 1. The number of rotatable bonds is 12. The van der Waals surface area contributed by atoms with Gasteiger partial charge in [0.25, 0.3) is 0 Å². The molecule has 0 amide bonds. The second-order valence-electron chi connectivity index (χ2n) is 6.28. The predicted molar refractivity (Wildman–Crippen MR) is 107 cm³/mol. The molecule has 7 heteroatoms. The van der Waals surface area contributed by atoms with Gasteiger partial charge >= 0.3 is 5.97 Å². The number of ether oxygens (including phenoxy) is 3. The zero-order valence-electron chi connectivity index (χ0n) is 16.4. The monoisotopic (exact) mass is 399 g/mol. The van der Waals surface area contributed by atoms with Crippen LogP contribution in [-0.2, 0) is 14.3 Å². The van der Waals surface area contributed by atoms with Crippen molar-refractivity contribution < 1.29 is 28.9 Å². The minimum absolute atomic E-state index is 0.0828. The Balaban J connectivity index is 2.12. The summed E-state index contributed by atoms with van der Waals surface area (Å²) in [5.74, 6) is -0.0752. The molecule has 0 aliphatic heterocycles. The number of pyridine rings is 1. The summed E-state index contributed by atoms with van der Waals surface area (Å²) in [4.78, 5) is 28.6. The van der Waals surface area contributed by atoms with Crippen molar-refractivity contribution in [2.24, 2.45) is 0 Å². The van der Waals surface area contributed by atoms with Crippen molar-refractivity contribution in [2.75, 3.05) is 26.9 Å². The van der Waals surface area contributed by atoms with Crippen molar-refractivity contribution in [3.8, 4) is 5.75 Å². The Labute approximate surface area is 169 Å². The molecule has 0 unspecified atom stereocenters. The normalized spacial score (nSPS) is 11.5.